The van der Waals surface area contributed by atoms with Crippen molar-refractivity contribution < 1.29 is 4.42 Å². The Balaban J connectivity index is 1.98. The summed E-state index contributed by atoms with van der Waals surface area (Å²) >= 11 is 0. The Morgan fingerprint density at radius 1 is 1.53 bits per heavy atom. The van der Waals surface area contributed by atoms with E-state index in [1.54, 1.807) is 6.26 Å². The molecule has 0 bridgehead atoms. The van der Waals surface area contributed by atoms with Crippen molar-refractivity contribution in [1.82, 2.24) is 9.55 Å². The van der Waals surface area contributed by atoms with E-state index in [0.29, 0.717) is 0 Å². The summed E-state index contributed by atoms with van der Waals surface area (Å²) in [5.41, 5.74) is 7.31. The molecule has 2 aromatic rings. The predicted octanol–water partition coefficient (Wildman–Crippen LogP) is 2.21. The minimum absolute atomic E-state index is 0.0281. The first-order valence-electron chi connectivity index (χ1n) is 6.00. The van der Waals surface area contributed by atoms with E-state index in [4.69, 9.17) is 10.2 Å². The van der Waals surface area contributed by atoms with Crippen LogP contribution in [-0.2, 0) is 19.9 Å². The summed E-state index contributed by atoms with van der Waals surface area (Å²) in [6.07, 6.45) is 8.15. The Morgan fingerprint density at radius 2 is 2.35 bits per heavy atom. The highest BCUT2D eigenvalue weighted by Gasteiger charge is 2.13. The maximum atomic E-state index is 6.19. The quantitative estimate of drug-likeness (QED) is 0.861. The standard InChI is InChI=1S/C13H19N3O/c1-3-12-10(6-9-17-12)11(14)4-5-13-15-7-8-16(13)2/h6-9,11H,3-5,14H2,1-2H3. The fourth-order valence-corrected chi connectivity index (χ4v) is 2.05. The van der Waals surface area contributed by atoms with E-state index in [1.807, 2.05) is 30.1 Å². The molecule has 0 saturated carbocycles. The highest BCUT2D eigenvalue weighted by Crippen LogP contribution is 2.21. The number of rotatable bonds is 5. The molecular weight excluding hydrogens is 214 g/mol. The van der Waals surface area contributed by atoms with Crippen LogP contribution in [0.25, 0.3) is 0 Å². The van der Waals surface area contributed by atoms with Crippen LogP contribution in [0.2, 0.25) is 0 Å². The second-order valence-corrected chi connectivity index (χ2v) is 4.25. The number of aromatic nitrogens is 2. The monoisotopic (exact) mass is 233 g/mol. The van der Waals surface area contributed by atoms with Gasteiger partial charge in [-0.05, 0) is 12.5 Å². The van der Waals surface area contributed by atoms with Gasteiger partial charge in [0.05, 0.1) is 6.26 Å². The molecule has 0 aliphatic rings. The van der Waals surface area contributed by atoms with Gasteiger partial charge in [-0.25, -0.2) is 4.98 Å². The molecule has 4 heteroatoms. The van der Waals surface area contributed by atoms with Crippen LogP contribution in [-0.4, -0.2) is 9.55 Å². The summed E-state index contributed by atoms with van der Waals surface area (Å²) < 4.78 is 7.43. The van der Waals surface area contributed by atoms with E-state index in [0.717, 1.165) is 36.4 Å². The molecule has 0 spiro atoms. The minimum Gasteiger partial charge on any atom is -0.469 e. The van der Waals surface area contributed by atoms with Crippen LogP contribution in [0.5, 0.6) is 0 Å². The molecule has 0 aromatic carbocycles. The van der Waals surface area contributed by atoms with Crippen LogP contribution in [0.1, 0.15) is 36.5 Å². The number of hydrogen-bond acceptors (Lipinski definition) is 3. The van der Waals surface area contributed by atoms with Gasteiger partial charge in [-0.15, -0.1) is 0 Å². The molecule has 0 radical (unpaired) electrons. The summed E-state index contributed by atoms with van der Waals surface area (Å²) in [5, 5.41) is 0. The van der Waals surface area contributed by atoms with Crippen molar-refractivity contribution in [3.05, 3.63) is 41.9 Å². The third kappa shape index (κ3) is 2.58. The Labute approximate surface area is 101 Å². The van der Waals surface area contributed by atoms with E-state index in [9.17, 15) is 0 Å². The third-order valence-electron chi connectivity index (χ3n) is 3.10. The van der Waals surface area contributed by atoms with Gasteiger partial charge < -0.3 is 14.7 Å². The first-order valence-corrected chi connectivity index (χ1v) is 6.00. The van der Waals surface area contributed by atoms with Gasteiger partial charge >= 0.3 is 0 Å². The van der Waals surface area contributed by atoms with Crippen LogP contribution in [0.4, 0.5) is 0 Å². The molecule has 2 aromatic heterocycles. The van der Waals surface area contributed by atoms with Crippen molar-refractivity contribution in [2.75, 3.05) is 0 Å². The summed E-state index contributed by atoms with van der Waals surface area (Å²) in [6.45, 7) is 2.08. The summed E-state index contributed by atoms with van der Waals surface area (Å²) in [6, 6.07) is 2.00. The van der Waals surface area contributed by atoms with Gasteiger partial charge in [0.2, 0.25) is 0 Å². The molecule has 2 rings (SSSR count). The zero-order chi connectivity index (χ0) is 12.3. The molecule has 17 heavy (non-hydrogen) atoms. The van der Waals surface area contributed by atoms with E-state index in [1.165, 1.54) is 0 Å². The van der Waals surface area contributed by atoms with Crippen molar-refractivity contribution >= 4 is 0 Å². The molecule has 92 valence electrons. The number of imidazole rings is 1. The second-order valence-electron chi connectivity index (χ2n) is 4.25. The lowest BCUT2D eigenvalue weighted by molar-refractivity contribution is 0.501. The smallest absolute Gasteiger partial charge is 0.108 e. The zero-order valence-electron chi connectivity index (χ0n) is 10.4. The van der Waals surface area contributed by atoms with E-state index in [2.05, 4.69) is 11.9 Å². The maximum Gasteiger partial charge on any atom is 0.108 e. The van der Waals surface area contributed by atoms with Crippen molar-refractivity contribution in [2.45, 2.75) is 32.2 Å². The maximum absolute atomic E-state index is 6.19. The molecule has 0 saturated heterocycles. The average molecular weight is 233 g/mol. The fraction of sp³-hybridized carbons (Fsp3) is 0.462. The predicted molar refractivity (Wildman–Crippen MR) is 66.5 cm³/mol. The summed E-state index contributed by atoms with van der Waals surface area (Å²) in [7, 11) is 2.00. The molecule has 4 nitrogen and oxygen atoms in total. The Hall–Kier alpha value is -1.55. The number of nitrogens with zero attached hydrogens (tertiary/aromatic N) is 2. The molecule has 0 aliphatic heterocycles. The molecule has 0 aliphatic carbocycles. The topological polar surface area (TPSA) is 57.0 Å². The van der Waals surface area contributed by atoms with Gasteiger partial charge in [0.15, 0.2) is 0 Å². The van der Waals surface area contributed by atoms with Crippen molar-refractivity contribution in [2.24, 2.45) is 12.8 Å². The van der Waals surface area contributed by atoms with Crippen LogP contribution in [0, 0.1) is 0 Å². The lowest BCUT2D eigenvalue weighted by Crippen LogP contribution is -2.13. The van der Waals surface area contributed by atoms with Gasteiger partial charge in [0, 0.05) is 43.9 Å². The normalized spacial score (nSPS) is 12.9. The molecule has 2 N–H and O–H groups in total. The van der Waals surface area contributed by atoms with Crippen LogP contribution in [0.15, 0.2) is 29.1 Å². The molecule has 1 atom stereocenters. The van der Waals surface area contributed by atoms with Crippen molar-refractivity contribution in [3.63, 3.8) is 0 Å². The van der Waals surface area contributed by atoms with Gasteiger partial charge in [0.25, 0.3) is 0 Å². The highest BCUT2D eigenvalue weighted by atomic mass is 16.3. The number of hydrogen-bond donors (Lipinski definition) is 1. The first kappa shape index (κ1) is 11.9. The summed E-state index contributed by atoms with van der Waals surface area (Å²) in [5.74, 6) is 2.07. The molecule has 0 fully saturated rings. The Morgan fingerprint density at radius 3 is 3.00 bits per heavy atom. The zero-order valence-corrected chi connectivity index (χ0v) is 10.4. The lowest BCUT2D eigenvalue weighted by Gasteiger charge is -2.11. The summed E-state index contributed by atoms with van der Waals surface area (Å²) in [4.78, 5) is 4.30. The largest absolute Gasteiger partial charge is 0.469 e. The van der Waals surface area contributed by atoms with Crippen LogP contribution >= 0.6 is 0 Å². The molecular formula is C13H19N3O. The average Bonchev–Trinajstić information content (AvgIpc) is 2.94. The molecule has 1 unspecified atom stereocenters. The van der Waals surface area contributed by atoms with Gasteiger partial charge in [0.1, 0.15) is 11.6 Å². The number of aryl methyl sites for hydroxylation is 3. The SMILES string of the molecule is CCc1occc1C(N)CCc1nccn1C. The van der Waals surface area contributed by atoms with E-state index < -0.39 is 0 Å². The fourth-order valence-electron chi connectivity index (χ4n) is 2.05. The Bertz CT molecular complexity index is 472. The second kappa shape index (κ2) is 5.19. The van der Waals surface area contributed by atoms with Gasteiger partial charge in [-0.1, -0.05) is 6.92 Å². The lowest BCUT2D eigenvalue weighted by atomic mass is 10.0. The highest BCUT2D eigenvalue weighted by molar-refractivity contribution is 5.21. The number of nitrogens with two attached hydrogens (primary N) is 1. The van der Waals surface area contributed by atoms with Crippen LogP contribution < -0.4 is 5.73 Å². The Kier molecular flexibility index (Phi) is 3.64. The van der Waals surface area contributed by atoms with E-state index in [-0.39, 0.29) is 6.04 Å². The molecule has 0 amide bonds. The van der Waals surface area contributed by atoms with Gasteiger partial charge in [-0.3, -0.25) is 0 Å². The number of furan rings is 1. The molecule has 2 heterocycles. The van der Waals surface area contributed by atoms with Crippen molar-refractivity contribution in [1.29, 1.82) is 0 Å². The van der Waals surface area contributed by atoms with Crippen molar-refractivity contribution in [3.8, 4) is 0 Å². The van der Waals surface area contributed by atoms with Gasteiger partial charge in [-0.2, -0.15) is 0 Å². The third-order valence-corrected chi connectivity index (χ3v) is 3.10. The minimum atomic E-state index is 0.0281. The van der Waals surface area contributed by atoms with Crippen LogP contribution in [0.3, 0.4) is 0 Å². The first-order chi connectivity index (χ1) is 8.22. The van der Waals surface area contributed by atoms with E-state index >= 15 is 0 Å².